The third-order valence-electron chi connectivity index (χ3n) is 5.55. The van der Waals surface area contributed by atoms with E-state index in [0.29, 0.717) is 27.8 Å². The molecule has 1 atom stereocenters. The van der Waals surface area contributed by atoms with E-state index in [1.165, 1.54) is 25.2 Å². The molecule has 1 saturated heterocycles. The van der Waals surface area contributed by atoms with Crippen LogP contribution in [0.1, 0.15) is 22.7 Å². The summed E-state index contributed by atoms with van der Waals surface area (Å²) >= 11 is 6.16. The first-order valence-corrected chi connectivity index (χ1v) is 10.6. The highest BCUT2D eigenvalue weighted by Crippen LogP contribution is 2.44. The predicted octanol–water partition coefficient (Wildman–Crippen LogP) is 5.29. The Morgan fingerprint density at radius 2 is 1.73 bits per heavy atom. The van der Waals surface area contributed by atoms with E-state index < -0.39 is 17.7 Å². The highest BCUT2D eigenvalue weighted by molar-refractivity contribution is 6.51. The van der Waals surface area contributed by atoms with Crippen molar-refractivity contribution in [1.82, 2.24) is 0 Å². The number of aryl methyl sites for hydroxylation is 1. The molecule has 1 fully saturated rings. The summed E-state index contributed by atoms with van der Waals surface area (Å²) in [5.74, 6) is -1.05. The SMILES string of the molecule is COc1cccc(N2C(=O)C(=O)/C(=C(/O)c3cc(Cl)ccc3OC)C2c2cccc(C)c2)c1. The molecule has 7 heteroatoms. The smallest absolute Gasteiger partial charge is 0.300 e. The number of ketones is 1. The largest absolute Gasteiger partial charge is 0.507 e. The van der Waals surface area contributed by atoms with Crippen molar-refractivity contribution in [2.45, 2.75) is 13.0 Å². The molecular weight excluding hydrogens is 442 g/mol. The highest BCUT2D eigenvalue weighted by atomic mass is 35.5. The van der Waals surface area contributed by atoms with Crippen LogP contribution in [0.15, 0.2) is 72.3 Å². The molecule has 0 saturated carbocycles. The molecule has 3 aromatic carbocycles. The highest BCUT2D eigenvalue weighted by Gasteiger charge is 2.47. The number of amides is 1. The molecule has 1 aliphatic heterocycles. The van der Waals surface area contributed by atoms with E-state index in [-0.39, 0.29) is 16.9 Å². The zero-order chi connectivity index (χ0) is 23.7. The van der Waals surface area contributed by atoms with Gasteiger partial charge in [-0.2, -0.15) is 0 Å². The van der Waals surface area contributed by atoms with Gasteiger partial charge in [-0.05, 0) is 42.8 Å². The first-order chi connectivity index (χ1) is 15.8. The number of rotatable bonds is 5. The van der Waals surface area contributed by atoms with E-state index >= 15 is 0 Å². The molecule has 3 aromatic rings. The zero-order valence-corrected chi connectivity index (χ0v) is 19.1. The predicted molar refractivity (Wildman–Crippen MR) is 127 cm³/mol. The van der Waals surface area contributed by atoms with Gasteiger partial charge in [0.15, 0.2) is 0 Å². The fourth-order valence-corrected chi connectivity index (χ4v) is 4.20. The van der Waals surface area contributed by atoms with Gasteiger partial charge in [-0.1, -0.05) is 47.5 Å². The van der Waals surface area contributed by atoms with Gasteiger partial charge in [0.2, 0.25) is 0 Å². The van der Waals surface area contributed by atoms with Gasteiger partial charge in [-0.15, -0.1) is 0 Å². The number of hydrogen-bond acceptors (Lipinski definition) is 5. The normalized spacial score (nSPS) is 17.3. The van der Waals surface area contributed by atoms with Crippen molar-refractivity contribution < 1.29 is 24.2 Å². The lowest BCUT2D eigenvalue weighted by Gasteiger charge is -2.26. The minimum Gasteiger partial charge on any atom is -0.507 e. The zero-order valence-electron chi connectivity index (χ0n) is 18.3. The molecular formula is C26H22ClNO5. The van der Waals surface area contributed by atoms with Gasteiger partial charge in [0.05, 0.1) is 31.4 Å². The van der Waals surface area contributed by atoms with Gasteiger partial charge in [0.25, 0.3) is 11.7 Å². The van der Waals surface area contributed by atoms with Crippen LogP contribution in [0.2, 0.25) is 5.02 Å². The Labute approximate surface area is 196 Å². The lowest BCUT2D eigenvalue weighted by Crippen LogP contribution is -2.29. The molecule has 1 unspecified atom stereocenters. The molecule has 0 aromatic heterocycles. The van der Waals surface area contributed by atoms with Crippen LogP contribution in [0.4, 0.5) is 5.69 Å². The molecule has 6 nitrogen and oxygen atoms in total. The van der Waals surface area contributed by atoms with Crippen molar-refractivity contribution in [2.75, 3.05) is 19.1 Å². The third-order valence-corrected chi connectivity index (χ3v) is 5.79. The number of Topliss-reactive ketones (excluding diaryl/α,β-unsaturated/α-hetero) is 1. The van der Waals surface area contributed by atoms with Gasteiger partial charge in [-0.3, -0.25) is 14.5 Å². The van der Waals surface area contributed by atoms with Crippen LogP contribution in [0, 0.1) is 6.92 Å². The van der Waals surface area contributed by atoms with Gasteiger partial charge >= 0.3 is 0 Å². The number of carbonyl (C=O) groups is 2. The lowest BCUT2D eigenvalue weighted by molar-refractivity contribution is -0.132. The molecule has 0 aliphatic carbocycles. The molecule has 0 bridgehead atoms. The average Bonchev–Trinajstić information content (AvgIpc) is 3.09. The van der Waals surface area contributed by atoms with Crippen LogP contribution < -0.4 is 14.4 Å². The maximum Gasteiger partial charge on any atom is 0.300 e. The molecule has 1 amide bonds. The fraction of sp³-hybridized carbons (Fsp3) is 0.154. The summed E-state index contributed by atoms with van der Waals surface area (Å²) in [6.45, 7) is 1.92. The summed E-state index contributed by atoms with van der Waals surface area (Å²) in [6, 6.07) is 18.2. The van der Waals surface area contributed by atoms with Crippen LogP contribution in [-0.2, 0) is 9.59 Å². The number of methoxy groups -OCH3 is 2. The van der Waals surface area contributed by atoms with Crippen molar-refractivity contribution in [3.8, 4) is 11.5 Å². The van der Waals surface area contributed by atoms with Crippen LogP contribution in [-0.4, -0.2) is 31.0 Å². The van der Waals surface area contributed by atoms with Crippen molar-refractivity contribution >= 4 is 34.7 Å². The summed E-state index contributed by atoms with van der Waals surface area (Å²) in [7, 11) is 2.98. The summed E-state index contributed by atoms with van der Waals surface area (Å²) in [5, 5.41) is 11.7. The molecule has 0 spiro atoms. The van der Waals surface area contributed by atoms with Crippen molar-refractivity contribution in [1.29, 1.82) is 0 Å². The number of ether oxygens (including phenoxy) is 2. The number of halogens is 1. The third kappa shape index (κ3) is 4.05. The van der Waals surface area contributed by atoms with Gasteiger partial charge in [0, 0.05) is 16.8 Å². The number of aliphatic hydroxyl groups is 1. The number of carbonyl (C=O) groups excluding carboxylic acids is 2. The number of hydrogen-bond donors (Lipinski definition) is 1. The Kier molecular flexibility index (Phi) is 6.11. The second-order valence-electron chi connectivity index (χ2n) is 7.63. The Bertz CT molecular complexity index is 1280. The van der Waals surface area contributed by atoms with E-state index in [0.717, 1.165) is 5.56 Å². The molecule has 0 radical (unpaired) electrons. The van der Waals surface area contributed by atoms with E-state index in [1.807, 2.05) is 31.2 Å². The maximum atomic E-state index is 13.3. The van der Waals surface area contributed by atoms with Crippen LogP contribution >= 0.6 is 11.6 Å². The molecule has 33 heavy (non-hydrogen) atoms. The van der Waals surface area contributed by atoms with Gasteiger partial charge < -0.3 is 14.6 Å². The van der Waals surface area contributed by atoms with E-state index in [9.17, 15) is 14.7 Å². The van der Waals surface area contributed by atoms with Crippen molar-refractivity contribution in [2.24, 2.45) is 0 Å². The van der Waals surface area contributed by atoms with Crippen LogP contribution in [0.3, 0.4) is 0 Å². The minimum atomic E-state index is -0.860. The van der Waals surface area contributed by atoms with Crippen molar-refractivity contribution in [3.05, 3.63) is 94.0 Å². The minimum absolute atomic E-state index is 0.0472. The molecule has 1 N–H and O–H groups in total. The van der Waals surface area contributed by atoms with Gasteiger partial charge in [0.1, 0.15) is 17.3 Å². The maximum absolute atomic E-state index is 13.3. The summed E-state index contributed by atoms with van der Waals surface area (Å²) in [4.78, 5) is 27.9. The first-order valence-electron chi connectivity index (χ1n) is 10.2. The lowest BCUT2D eigenvalue weighted by atomic mass is 9.94. The van der Waals surface area contributed by atoms with E-state index in [2.05, 4.69) is 0 Å². The standard InChI is InChI=1S/C26H22ClNO5/c1-15-6-4-7-16(12-15)23-22(24(29)20-13-17(27)10-11-21(20)33-3)25(30)26(31)28(23)18-8-5-9-19(14-18)32-2/h4-14,23,29H,1-3H3/b24-22+. The summed E-state index contributed by atoms with van der Waals surface area (Å²) in [5.41, 5.74) is 2.28. The Morgan fingerprint density at radius 3 is 2.42 bits per heavy atom. The molecule has 168 valence electrons. The fourth-order valence-electron chi connectivity index (χ4n) is 4.03. The van der Waals surface area contributed by atoms with Crippen LogP contribution in [0.5, 0.6) is 11.5 Å². The topological polar surface area (TPSA) is 76.1 Å². The summed E-state index contributed by atoms with van der Waals surface area (Å²) < 4.78 is 10.7. The number of aliphatic hydroxyl groups excluding tert-OH is 1. The van der Waals surface area contributed by atoms with Gasteiger partial charge in [-0.25, -0.2) is 0 Å². The number of benzene rings is 3. The Morgan fingerprint density at radius 1 is 0.970 bits per heavy atom. The van der Waals surface area contributed by atoms with Crippen molar-refractivity contribution in [3.63, 3.8) is 0 Å². The van der Waals surface area contributed by atoms with Crippen LogP contribution in [0.25, 0.3) is 5.76 Å². The molecule has 1 aliphatic rings. The van der Waals surface area contributed by atoms with E-state index in [4.69, 9.17) is 21.1 Å². The first kappa shape index (κ1) is 22.4. The Hall–Kier alpha value is -3.77. The number of anilines is 1. The average molecular weight is 464 g/mol. The molecule has 4 rings (SSSR count). The monoisotopic (exact) mass is 463 g/mol. The summed E-state index contributed by atoms with van der Waals surface area (Å²) in [6.07, 6.45) is 0. The second-order valence-corrected chi connectivity index (χ2v) is 8.07. The second kappa shape index (κ2) is 9.00. The number of nitrogens with zero attached hydrogens (tertiary/aromatic N) is 1. The quantitative estimate of drug-likeness (QED) is 0.316. The molecule has 1 heterocycles. The Balaban J connectivity index is 2.00. The van der Waals surface area contributed by atoms with E-state index in [1.54, 1.807) is 36.4 Å².